The summed E-state index contributed by atoms with van der Waals surface area (Å²) < 4.78 is 0. The van der Waals surface area contributed by atoms with Crippen LogP contribution in [0.2, 0.25) is 0 Å². The molecule has 17 heavy (non-hydrogen) atoms. The molecule has 94 valence electrons. The topological polar surface area (TPSA) is 49.8 Å². The van der Waals surface area contributed by atoms with Crippen molar-refractivity contribution < 1.29 is 0 Å². The minimum atomic E-state index is 0.443. The van der Waals surface area contributed by atoms with Gasteiger partial charge >= 0.3 is 0 Å². The lowest BCUT2D eigenvalue weighted by Crippen LogP contribution is -2.23. The molecule has 2 N–H and O–H groups in total. The van der Waals surface area contributed by atoms with E-state index in [0.29, 0.717) is 6.04 Å². The zero-order valence-corrected chi connectivity index (χ0v) is 10.8. The fraction of sp³-hybridized carbons (Fsp3) is 0.692. The molecule has 1 aliphatic rings. The number of anilines is 1. The first-order valence-electron chi connectivity index (χ1n) is 6.62. The summed E-state index contributed by atoms with van der Waals surface area (Å²) in [5.74, 6) is 0.736. The van der Waals surface area contributed by atoms with Crippen molar-refractivity contribution in [2.24, 2.45) is 0 Å². The number of rotatable bonds is 4. The van der Waals surface area contributed by atoms with Gasteiger partial charge in [0.25, 0.3) is 0 Å². The Kier molecular flexibility index (Phi) is 4.31. The van der Waals surface area contributed by atoms with Crippen molar-refractivity contribution in [1.82, 2.24) is 15.3 Å². The highest BCUT2D eigenvalue weighted by Crippen LogP contribution is 2.27. The summed E-state index contributed by atoms with van der Waals surface area (Å²) in [7, 11) is 1.87. The number of fused-ring (bicyclic) bond motifs is 1. The standard InChI is InChI=1S/C13H22N4/c1-3-8-15-11-6-4-5-7-12-10(11)9-16-13(14-2)17-12/h9,11,15H,3-8H2,1-2H3,(H,14,16,17). The molecular formula is C13H22N4. The van der Waals surface area contributed by atoms with E-state index in [4.69, 9.17) is 0 Å². The molecule has 0 fully saturated rings. The molecule has 1 aromatic rings. The maximum absolute atomic E-state index is 4.59. The minimum absolute atomic E-state index is 0.443. The van der Waals surface area contributed by atoms with E-state index in [1.54, 1.807) is 0 Å². The van der Waals surface area contributed by atoms with E-state index in [9.17, 15) is 0 Å². The smallest absolute Gasteiger partial charge is 0.222 e. The van der Waals surface area contributed by atoms with Crippen molar-refractivity contribution in [3.63, 3.8) is 0 Å². The van der Waals surface area contributed by atoms with Gasteiger partial charge in [-0.2, -0.15) is 0 Å². The normalized spacial score (nSPS) is 19.5. The molecule has 0 amide bonds. The van der Waals surface area contributed by atoms with E-state index in [1.165, 1.54) is 36.9 Å². The molecule has 1 unspecified atom stereocenters. The predicted octanol–water partition coefficient (Wildman–Crippen LogP) is 2.29. The molecule has 1 aliphatic carbocycles. The van der Waals surface area contributed by atoms with E-state index >= 15 is 0 Å². The van der Waals surface area contributed by atoms with Crippen LogP contribution < -0.4 is 10.6 Å². The van der Waals surface area contributed by atoms with Gasteiger partial charge in [-0.25, -0.2) is 9.97 Å². The zero-order valence-electron chi connectivity index (χ0n) is 10.8. The van der Waals surface area contributed by atoms with Crippen molar-refractivity contribution in [3.8, 4) is 0 Å². The van der Waals surface area contributed by atoms with E-state index in [0.717, 1.165) is 18.9 Å². The van der Waals surface area contributed by atoms with Crippen LogP contribution in [0.4, 0.5) is 5.95 Å². The van der Waals surface area contributed by atoms with Crippen molar-refractivity contribution >= 4 is 5.95 Å². The fourth-order valence-corrected chi connectivity index (χ4v) is 2.37. The molecule has 1 heterocycles. The minimum Gasteiger partial charge on any atom is -0.357 e. The van der Waals surface area contributed by atoms with Crippen LogP contribution in [0.25, 0.3) is 0 Å². The SMILES string of the molecule is CCCNC1CCCCc2nc(NC)ncc21. The first-order valence-corrected chi connectivity index (χ1v) is 6.62. The Hall–Kier alpha value is -1.16. The highest BCUT2D eigenvalue weighted by atomic mass is 15.1. The Bertz CT molecular complexity index is 364. The van der Waals surface area contributed by atoms with Crippen LogP contribution in [-0.4, -0.2) is 23.6 Å². The number of aromatic nitrogens is 2. The Morgan fingerprint density at radius 3 is 3.06 bits per heavy atom. The van der Waals surface area contributed by atoms with Gasteiger partial charge in [-0.3, -0.25) is 0 Å². The van der Waals surface area contributed by atoms with Crippen LogP contribution in [0.3, 0.4) is 0 Å². The van der Waals surface area contributed by atoms with Crippen LogP contribution in [0.15, 0.2) is 6.20 Å². The molecule has 4 nitrogen and oxygen atoms in total. The van der Waals surface area contributed by atoms with Crippen LogP contribution in [0.1, 0.15) is 49.9 Å². The third-order valence-electron chi connectivity index (χ3n) is 3.30. The van der Waals surface area contributed by atoms with Gasteiger partial charge in [-0.05, 0) is 32.2 Å². The summed E-state index contributed by atoms with van der Waals surface area (Å²) in [6.45, 7) is 3.27. The second-order valence-electron chi connectivity index (χ2n) is 4.60. The number of hydrogen-bond acceptors (Lipinski definition) is 4. The van der Waals surface area contributed by atoms with E-state index < -0.39 is 0 Å². The summed E-state index contributed by atoms with van der Waals surface area (Å²) in [5, 5.41) is 6.62. The van der Waals surface area contributed by atoms with Gasteiger partial charge in [0.2, 0.25) is 5.95 Å². The molecule has 1 atom stereocenters. The van der Waals surface area contributed by atoms with Gasteiger partial charge in [0.05, 0.1) is 5.69 Å². The first kappa shape index (κ1) is 12.3. The first-order chi connectivity index (χ1) is 8.35. The molecule has 0 bridgehead atoms. The van der Waals surface area contributed by atoms with E-state index in [-0.39, 0.29) is 0 Å². The second-order valence-corrected chi connectivity index (χ2v) is 4.60. The Balaban J connectivity index is 2.22. The molecule has 0 saturated carbocycles. The fourth-order valence-electron chi connectivity index (χ4n) is 2.37. The highest BCUT2D eigenvalue weighted by Gasteiger charge is 2.19. The Morgan fingerprint density at radius 1 is 1.41 bits per heavy atom. The van der Waals surface area contributed by atoms with Crippen molar-refractivity contribution in [1.29, 1.82) is 0 Å². The molecule has 0 radical (unpaired) electrons. The number of aryl methyl sites for hydroxylation is 1. The molecular weight excluding hydrogens is 212 g/mol. The van der Waals surface area contributed by atoms with Crippen molar-refractivity contribution in [2.45, 2.75) is 45.1 Å². The summed E-state index contributed by atoms with van der Waals surface area (Å²) in [5.41, 5.74) is 2.52. The summed E-state index contributed by atoms with van der Waals surface area (Å²) in [4.78, 5) is 8.94. The van der Waals surface area contributed by atoms with Gasteiger partial charge < -0.3 is 10.6 Å². The van der Waals surface area contributed by atoms with Crippen LogP contribution in [0.5, 0.6) is 0 Å². The number of nitrogens with one attached hydrogen (secondary N) is 2. The quantitative estimate of drug-likeness (QED) is 0.785. The molecule has 0 saturated heterocycles. The van der Waals surface area contributed by atoms with Gasteiger partial charge in [0, 0.05) is 24.8 Å². The van der Waals surface area contributed by atoms with Crippen molar-refractivity contribution in [3.05, 3.63) is 17.5 Å². The third-order valence-corrected chi connectivity index (χ3v) is 3.30. The lowest BCUT2D eigenvalue weighted by molar-refractivity contribution is 0.488. The summed E-state index contributed by atoms with van der Waals surface area (Å²) in [6, 6.07) is 0.443. The molecule has 0 spiro atoms. The monoisotopic (exact) mass is 234 g/mol. The van der Waals surface area contributed by atoms with Crippen molar-refractivity contribution in [2.75, 3.05) is 18.9 Å². The highest BCUT2D eigenvalue weighted by molar-refractivity contribution is 5.31. The Labute approximate surface area is 103 Å². The Morgan fingerprint density at radius 2 is 2.29 bits per heavy atom. The average molecular weight is 234 g/mol. The predicted molar refractivity (Wildman–Crippen MR) is 70.2 cm³/mol. The molecule has 0 aliphatic heterocycles. The number of hydrogen-bond donors (Lipinski definition) is 2. The summed E-state index contributed by atoms with van der Waals surface area (Å²) in [6.07, 6.45) is 7.95. The molecule has 2 rings (SSSR count). The van der Waals surface area contributed by atoms with Gasteiger partial charge in [-0.15, -0.1) is 0 Å². The average Bonchev–Trinajstić information content (AvgIpc) is 2.57. The van der Waals surface area contributed by atoms with Crippen LogP contribution >= 0.6 is 0 Å². The van der Waals surface area contributed by atoms with Gasteiger partial charge in [0.15, 0.2) is 0 Å². The van der Waals surface area contributed by atoms with Gasteiger partial charge in [-0.1, -0.05) is 13.3 Å². The zero-order chi connectivity index (χ0) is 12.1. The van der Waals surface area contributed by atoms with E-state index in [2.05, 4.69) is 27.5 Å². The maximum atomic E-state index is 4.59. The summed E-state index contributed by atoms with van der Waals surface area (Å²) >= 11 is 0. The lowest BCUT2D eigenvalue weighted by Gasteiger charge is -2.18. The largest absolute Gasteiger partial charge is 0.357 e. The van der Waals surface area contributed by atoms with E-state index in [1.807, 2.05) is 13.2 Å². The lowest BCUT2D eigenvalue weighted by atomic mass is 10.0. The molecule has 0 aromatic carbocycles. The second kappa shape index (κ2) is 5.96. The number of nitrogens with zero attached hydrogens (tertiary/aromatic N) is 2. The van der Waals surface area contributed by atoms with Crippen LogP contribution in [-0.2, 0) is 6.42 Å². The molecule has 4 heteroatoms. The third kappa shape index (κ3) is 2.94. The van der Waals surface area contributed by atoms with Crippen LogP contribution in [0, 0.1) is 0 Å². The van der Waals surface area contributed by atoms with Gasteiger partial charge in [0.1, 0.15) is 0 Å². The maximum Gasteiger partial charge on any atom is 0.222 e. The molecule has 1 aromatic heterocycles.